The maximum absolute atomic E-state index is 6.07. The summed E-state index contributed by atoms with van der Waals surface area (Å²) < 4.78 is 11.6. The molecule has 0 fully saturated rings. The van der Waals surface area contributed by atoms with Gasteiger partial charge in [-0.3, -0.25) is 4.99 Å². The van der Waals surface area contributed by atoms with Crippen LogP contribution in [-0.2, 0) is 4.74 Å². The topological polar surface area (TPSA) is 68.9 Å². The first-order valence-corrected chi connectivity index (χ1v) is 8.48. The molecular weight excluding hydrogens is 393 g/mol. The van der Waals surface area contributed by atoms with Gasteiger partial charge in [-0.25, -0.2) is 0 Å². The lowest BCUT2D eigenvalue weighted by Crippen LogP contribution is -2.34. The molecule has 0 bridgehead atoms. The number of hydrogen-bond donors (Lipinski definition) is 2. The van der Waals surface area contributed by atoms with Crippen molar-refractivity contribution < 1.29 is 9.47 Å². The molecule has 8 heteroatoms. The van der Waals surface area contributed by atoms with Crippen molar-refractivity contribution >= 4 is 45.1 Å². The Hall–Kier alpha value is -0.690. The van der Waals surface area contributed by atoms with E-state index in [-0.39, 0.29) is 0 Å². The van der Waals surface area contributed by atoms with E-state index in [1.807, 2.05) is 6.92 Å². The van der Waals surface area contributed by atoms with Crippen LogP contribution in [0.2, 0.25) is 10.0 Å². The lowest BCUT2D eigenvalue weighted by molar-refractivity contribution is 0.146. The summed E-state index contributed by atoms with van der Waals surface area (Å²) in [7, 11) is 0. The molecule has 1 rings (SSSR count). The molecule has 0 unspecified atom stereocenters. The van der Waals surface area contributed by atoms with E-state index in [2.05, 4.69) is 26.2 Å². The molecule has 124 valence electrons. The second kappa shape index (κ2) is 10.9. The summed E-state index contributed by atoms with van der Waals surface area (Å²) >= 11 is 15.4. The molecule has 22 heavy (non-hydrogen) atoms. The third kappa shape index (κ3) is 7.54. The average molecular weight is 413 g/mol. The average Bonchev–Trinajstić information content (AvgIpc) is 2.45. The van der Waals surface area contributed by atoms with E-state index in [0.29, 0.717) is 48.1 Å². The number of benzene rings is 1. The van der Waals surface area contributed by atoms with Crippen molar-refractivity contribution in [2.45, 2.75) is 13.3 Å². The predicted molar refractivity (Wildman–Crippen MR) is 95.3 cm³/mol. The highest BCUT2D eigenvalue weighted by molar-refractivity contribution is 9.10. The van der Waals surface area contributed by atoms with Crippen LogP contribution in [-0.4, -0.2) is 38.9 Å². The maximum Gasteiger partial charge on any atom is 0.188 e. The summed E-state index contributed by atoms with van der Waals surface area (Å²) in [4.78, 5) is 4.18. The molecule has 0 aromatic heterocycles. The molecule has 0 saturated heterocycles. The van der Waals surface area contributed by atoms with E-state index in [4.69, 9.17) is 38.4 Å². The Bertz CT molecular complexity index is 478. The van der Waals surface area contributed by atoms with Gasteiger partial charge in [0.05, 0.1) is 16.6 Å². The molecule has 0 heterocycles. The van der Waals surface area contributed by atoms with Gasteiger partial charge in [-0.05, 0) is 25.5 Å². The van der Waals surface area contributed by atoms with E-state index >= 15 is 0 Å². The van der Waals surface area contributed by atoms with Gasteiger partial charge >= 0.3 is 0 Å². The van der Waals surface area contributed by atoms with Gasteiger partial charge in [0.1, 0.15) is 6.61 Å². The molecule has 0 radical (unpaired) electrons. The van der Waals surface area contributed by atoms with Crippen molar-refractivity contribution in [1.82, 2.24) is 5.32 Å². The zero-order valence-electron chi connectivity index (χ0n) is 12.4. The first kappa shape index (κ1) is 19.4. The van der Waals surface area contributed by atoms with Gasteiger partial charge in [-0.2, -0.15) is 0 Å². The third-order valence-corrected chi connectivity index (χ3v) is 3.57. The minimum atomic E-state index is 0.371. The molecule has 0 saturated carbocycles. The Morgan fingerprint density at radius 2 is 2.00 bits per heavy atom. The zero-order valence-corrected chi connectivity index (χ0v) is 15.5. The highest BCUT2D eigenvalue weighted by Gasteiger charge is 2.08. The van der Waals surface area contributed by atoms with Gasteiger partial charge < -0.3 is 20.5 Å². The van der Waals surface area contributed by atoms with Gasteiger partial charge in [0, 0.05) is 24.2 Å². The lowest BCUT2D eigenvalue weighted by atomic mass is 10.3. The molecule has 3 N–H and O–H groups in total. The molecule has 1 aromatic rings. The number of ether oxygens (including phenoxy) is 2. The molecule has 0 spiro atoms. The van der Waals surface area contributed by atoms with Crippen molar-refractivity contribution in [1.29, 1.82) is 0 Å². The fraction of sp³-hybridized carbons (Fsp3) is 0.500. The Labute approximate surface area is 149 Å². The normalized spacial score (nSPS) is 11.5. The summed E-state index contributed by atoms with van der Waals surface area (Å²) in [6, 6.07) is 3.45. The van der Waals surface area contributed by atoms with Crippen molar-refractivity contribution in [2.75, 3.05) is 32.9 Å². The minimum Gasteiger partial charge on any atom is -0.489 e. The van der Waals surface area contributed by atoms with E-state index in [1.165, 1.54) is 0 Å². The number of guanidine groups is 1. The van der Waals surface area contributed by atoms with Crippen LogP contribution in [0.5, 0.6) is 5.75 Å². The Morgan fingerprint density at radius 3 is 2.64 bits per heavy atom. The summed E-state index contributed by atoms with van der Waals surface area (Å²) in [5.41, 5.74) is 5.73. The Balaban J connectivity index is 2.26. The zero-order chi connectivity index (χ0) is 16.4. The van der Waals surface area contributed by atoms with Crippen LogP contribution in [0.4, 0.5) is 0 Å². The lowest BCUT2D eigenvalue weighted by Gasteiger charge is -2.11. The van der Waals surface area contributed by atoms with Crippen LogP contribution in [0.3, 0.4) is 0 Å². The van der Waals surface area contributed by atoms with Crippen LogP contribution >= 0.6 is 39.1 Å². The van der Waals surface area contributed by atoms with Crippen LogP contribution < -0.4 is 15.8 Å². The Morgan fingerprint density at radius 1 is 1.32 bits per heavy atom. The van der Waals surface area contributed by atoms with E-state index in [0.717, 1.165) is 17.5 Å². The van der Waals surface area contributed by atoms with Gasteiger partial charge in [-0.1, -0.05) is 39.1 Å². The number of aliphatic imine (C=N–C) groups is 1. The fourth-order valence-electron chi connectivity index (χ4n) is 1.57. The number of rotatable bonds is 9. The minimum absolute atomic E-state index is 0.371. The highest BCUT2D eigenvalue weighted by atomic mass is 79.9. The molecule has 1 aromatic carbocycles. The molecular formula is C14H20BrCl2N3O2. The molecule has 0 aliphatic rings. The maximum atomic E-state index is 6.07. The molecule has 0 atom stereocenters. The van der Waals surface area contributed by atoms with E-state index in [9.17, 15) is 0 Å². The van der Waals surface area contributed by atoms with E-state index in [1.54, 1.807) is 12.1 Å². The SMILES string of the molecule is CCOCCCN=C(N)NCCOc1c(Cl)cc(Br)cc1Cl. The number of nitrogens with one attached hydrogen (secondary N) is 1. The predicted octanol–water partition coefficient (Wildman–Crippen LogP) is 3.47. The summed E-state index contributed by atoms with van der Waals surface area (Å²) in [5.74, 6) is 0.841. The van der Waals surface area contributed by atoms with Gasteiger partial charge in [0.15, 0.2) is 11.7 Å². The fourth-order valence-corrected chi connectivity index (χ4v) is 2.88. The van der Waals surface area contributed by atoms with Crippen molar-refractivity contribution in [2.24, 2.45) is 10.7 Å². The quantitative estimate of drug-likeness (QED) is 0.370. The van der Waals surface area contributed by atoms with Crippen molar-refractivity contribution in [3.05, 3.63) is 26.7 Å². The number of nitrogens with two attached hydrogens (primary N) is 1. The molecule has 0 amide bonds. The monoisotopic (exact) mass is 411 g/mol. The molecule has 0 aliphatic carbocycles. The van der Waals surface area contributed by atoms with Gasteiger partial charge in [0.2, 0.25) is 0 Å². The second-order valence-electron chi connectivity index (χ2n) is 4.29. The second-order valence-corrected chi connectivity index (χ2v) is 6.02. The van der Waals surface area contributed by atoms with Crippen molar-refractivity contribution in [3.63, 3.8) is 0 Å². The van der Waals surface area contributed by atoms with Gasteiger partial charge in [0.25, 0.3) is 0 Å². The smallest absolute Gasteiger partial charge is 0.188 e. The summed E-state index contributed by atoms with van der Waals surface area (Å²) in [6.45, 7) is 4.87. The number of hydrogen-bond acceptors (Lipinski definition) is 3. The number of halogens is 3. The first-order valence-electron chi connectivity index (χ1n) is 6.93. The molecule has 0 aliphatic heterocycles. The van der Waals surface area contributed by atoms with E-state index < -0.39 is 0 Å². The Kier molecular flexibility index (Phi) is 9.63. The van der Waals surface area contributed by atoms with Crippen LogP contribution in [0.25, 0.3) is 0 Å². The van der Waals surface area contributed by atoms with Gasteiger partial charge in [-0.15, -0.1) is 0 Å². The van der Waals surface area contributed by atoms with Crippen LogP contribution in [0.1, 0.15) is 13.3 Å². The summed E-state index contributed by atoms with van der Waals surface area (Å²) in [5, 5.41) is 3.87. The molecule has 5 nitrogen and oxygen atoms in total. The standard InChI is InChI=1S/C14H20BrCl2N3O2/c1-2-21-6-3-4-19-14(18)20-5-7-22-13-11(16)8-10(15)9-12(13)17/h8-9H,2-7H2,1H3,(H3,18,19,20). The first-order chi connectivity index (χ1) is 10.5. The third-order valence-electron chi connectivity index (χ3n) is 2.55. The summed E-state index contributed by atoms with van der Waals surface area (Å²) in [6.07, 6.45) is 0.844. The highest BCUT2D eigenvalue weighted by Crippen LogP contribution is 2.35. The largest absolute Gasteiger partial charge is 0.489 e. The van der Waals surface area contributed by atoms with Crippen molar-refractivity contribution in [3.8, 4) is 5.75 Å². The van der Waals surface area contributed by atoms with Crippen LogP contribution in [0.15, 0.2) is 21.6 Å². The van der Waals surface area contributed by atoms with Crippen LogP contribution in [0, 0.1) is 0 Å². The number of nitrogens with zero attached hydrogens (tertiary/aromatic N) is 1.